The van der Waals surface area contributed by atoms with Crippen LogP contribution >= 0.6 is 0 Å². The van der Waals surface area contributed by atoms with Crippen molar-refractivity contribution in [2.75, 3.05) is 0 Å². The van der Waals surface area contributed by atoms with Crippen LogP contribution in [0.1, 0.15) is 28.1 Å². The Morgan fingerprint density at radius 1 is 1.21 bits per heavy atom. The third-order valence-corrected chi connectivity index (χ3v) is 3.91. The van der Waals surface area contributed by atoms with Crippen molar-refractivity contribution in [2.45, 2.75) is 27.3 Å². The van der Waals surface area contributed by atoms with E-state index in [9.17, 15) is 4.79 Å². The first kappa shape index (κ1) is 15.7. The largest absolute Gasteiger partial charge is 0.444 e. The van der Waals surface area contributed by atoms with Gasteiger partial charge in [-0.25, -0.2) is 9.67 Å². The zero-order valence-electron chi connectivity index (χ0n) is 13.7. The van der Waals surface area contributed by atoms with Crippen LogP contribution in [-0.4, -0.2) is 14.8 Å². The molecule has 0 spiro atoms. The highest BCUT2D eigenvalue weighted by molar-refractivity contribution is 5.53. The average molecular weight is 320 g/mol. The van der Waals surface area contributed by atoms with E-state index in [1.54, 1.807) is 13.8 Å². The summed E-state index contributed by atoms with van der Waals surface area (Å²) in [6.45, 7) is 5.66. The van der Waals surface area contributed by atoms with Gasteiger partial charge in [0.05, 0.1) is 12.2 Å². The summed E-state index contributed by atoms with van der Waals surface area (Å²) >= 11 is 0. The molecule has 6 nitrogen and oxygen atoms in total. The van der Waals surface area contributed by atoms with E-state index in [-0.39, 0.29) is 12.1 Å². The van der Waals surface area contributed by atoms with Crippen LogP contribution < -0.4 is 5.56 Å². The highest BCUT2D eigenvalue weighted by atomic mass is 16.3. The van der Waals surface area contributed by atoms with Crippen LogP contribution in [0.4, 0.5) is 0 Å². The molecule has 0 aliphatic carbocycles. The standard InChI is InChI=1S/C18H16N4O2/c1-11-4-6-14(7-5-11)17-20-15(10-24-17)9-22-18(23)16(8-19)12(2)13(3)21-22/h4-7,10H,9H2,1-3H3. The third-order valence-electron chi connectivity index (χ3n) is 3.91. The summed E-state index contributed by atoms with van der Waals surface area (Å²) in [5.74, 6) is 0.488. The second-order valence-electron chi connectivity index (χ2n) is 5.67. The number of hydrogen-bond donors (Lipinski definition) is 0. The van der Waals surface area contributed by atoms with Crippen LogP contribution in [0.15, 0.2) is 39.7 Å². The molecule has 0 N–H and O–H groups in total. The lowest BCUT2D eigenvalue weighted by molar-refractivity contribution is 0.565. The second kappa shape index (κ2) is 6.13. The summed E-state index contributed by atoms with van der Waals surface area (Å²) in [6.07, 6.45) is 1.50. The van der Waals surface area contributed by atoms with Crippen molar-refractivity contribution in [1.82, 2.24) is 14.8 Å². The molecule has 2 heterocycles. The maximum atomic E-state index is 12.3. The average Bonchev–Trinajstić information content (AvgIpc) is 3.02. The van der Waals surface area contributed by atoms with Crippen LogP contribution in [0.5, 0.6) is 0 Å². The van der Waals surface area contributed by atoms with Crippen molar-refractivity contribution in [3.05, 3.63) is 69.0 Å². The fourth-order valence-electron chi connectivity index (χ4n) is 2.37. The summed E-state index contributed by atoms with van der Waals surface area (Å²) in [6, 6.07) is 9.77. The van der Waals surface area contributed by atoms with Crippen LogP contribution in [0.2, 0.25) is 0 Å². The Hall–Kier alpha value is -3.20. The van der Waals surface area contributed by atoms with E-state index in [0.717, 1.165) is 11.1 Å². The van der Waals surface area contributed by atoms with Gasteiger partial charge >= 0.3 is 0 Å². The minimum Gasteiger partial charge on any atom is -0.444 e. The number of hydrogen-bond acceptors (Lipinski definition) is 5. The summed E-state index contributed by atoms with van der Waals surface area (Å²) < 4.78 is 6.74. The Bertz CT molecular complexity index is 991. The van der Waals surface area contributed by atoms with Gasteiger partial charge in [0.2, 0.25) is 5.89 Å². The molecule has 3 rings (SSSR count). The van der Waals surface area contributed by atoms with Gasteiger partial charge in [-0.3, -0.25) is 4.79 Å². The summed E-state index contributed by atoms with van der Waals surface area (Å²) in [7, 11) is 0. The van der Waals surface area contributed by atoms with Crippen molar-refractivity contribution < 1.29 is 4.42 Å². The molecule has 0 aliphatic heterocycles. The predicted octanol–water partition coefficient (Wildman–Crippen LogP) is 2.74. The first-order valence-electron chi connectivity index (χ1n) is 7.49. The molecule has 0 radical (unpaired) electrons. The maximum Gasteiger partial charge on any atom is 0.285 e. The van der Waals surface area contributed by atoms with Crippen LogP contribution in [0.25, 0.3) is 11.5 Å². The second-order valence-corrected chi connectivity index (χ2v) is 5.67. The number of aryl methyl sites for hydroxylation is 2. The highest BCUT2D eigenvalue weighted by Gasteiger charge is 2.14. The van der Waals surface area contributed by atoms with Gasteiger partial charge in [-0.05, 0) is 38.5 Å². The Balaban J connectivity index is 1.94. The summed E-state index contributed by atoms with van der Waals surface area (Å²) in [5, 5.41) is 13.4. The molecule has 0 saturated heterocycles. The van der Waals surface area contributed by atoms with Crippen molar-refractivity contribution in [3.63, 3.8) is 0 Å². The molecule has 3 aromatic rings. The van der Waals surface area contributed by atoms with Gasteiger partial charge in [-0.2, -0.15) is 10.4 Å². The van der Waals surface area contributed by atoms with Crippen molar-refractivity contribution in [2.24, 2.45) is 0 Å². The van der Waals surface area contributed by atoms with E-state index in [1.165, 1.54) is 10.9 Å². The van der Waals surface area contributed by atoms with E-state index >= 15 is 0 Å². The lowest BCUT2D eigenvalue weighted by Crippen LogP contribution is -2.28. The van der Waals surface area contributed by atoms with Gasteiger partial charge in [0.1, 0.15) is 23.6 Å². The smallest absolute Gasteiger partial charge is 0.285 e. The number of rotatable bonds is 3. The number of nitriles is 1. The number of oxazole rings is 1. The predicted molar refractivity (Wildman–Crippen MR) is 88.5 cm³/mol. The zero-order valence-corrected chi connectivity index (χ0v) is 13.7. The van der Waals surface area contributed by atoms with E-state index in [4.69, 9.17) is 9.68 Å². The van der Waals surface area contributed by atoms with E-state index in [1.807, 2.05) is 37.3 Å². The Morgan fingerprint density at radius 3 is 2.58 bits per heavy atom. The number of nitrogens with zero attached hydrogens (tertiary/aromatic N) is 4. The van der Waals surface area contributed by atoms with Crippen molar-refractivity contribution in [3.8, 4) is 17.5 Å². The minimum atomic E-state index is -0.416. The first-order chi connectivity index (χ1) is 11.5. The molecule has 0 atom stereocenters. The molecular weight excluding hydrogens is 304 g/mol. The topological polar surface area (TPSA) is 84.7 Å². The monoisotopic (exact) mass is 320 g/mol. The molecular formula is C18H16N4O2. The van der Waals surface area contributed by atoms with Crippen LogP contribution in [0.3, 0.4) is 0 Å². The van der Waals surface area contributed by atoms with E-state index in [0.29, 0.717) is 22.8 Å². The molecule has 0 aliphatic rings. The fraction of sp³-hybridized carbons (Fsp3) is 0.222. The third kappa shape index (κ3) is 2.84. The molecule has 0 fully saturated rings. The molecule has 6 heteroatoms. The van der Waals surface area contributed by atoms with Gasteiger partial charge < -0.3 is 4.42 Å². The molecule has 0 saturated carbocycles. The van der Waals surface area contributed by atoms with Crippen molar-refractivity contribution in [1.29, 1.82) is 5.26 Å². The Kier molecular flexibility index (Phi) is 4.00. The molecule has 120 valence electrons. The maximum absolute atomic E-state index is 12.3. The fourth-order valence-corrected chi connectivity index (χ4v) is 2.37. The first-order valence-corrected chi connectivity index (χ1v) is 7.49. The van der Waals surface area contributed by atoms with Gasteiger partial charge in [0.15, 0.2) is 0 Å². The normalized spacial score (nSPS) is 10.6. The molecule has 1 aromatic carbocycles. The highest BCUT2D eigenvalue weighted by Crippen LogP contribution is 2.19. The lowest BCUT2D eigenvalue weighted by atomic mass is 10.1. The zero-order chi connectivity index (χ0) is 17.3. The Morgan fingerprint density at radius 2 is 1.92 bits per heavy atom. The Labute approximate surface area is 139 Å². The van der Waals surface area contributed by atoms with E-state index < -0.39 is 5.56 Å². The van der Waals surface area contributed by atoms with E-state index in [2.05, 4.69) is 10.1 Å². The SMILES string of the molecule is Cc1ccc(-c2nc(Cn3nc(C)c(C)c(C#N)c3=O)co2)cc1. The quantitative estimate of drug-likeness (QED) is 0.741. The summed E-state index contributed by atoms with van der Waals surface area (Å²) in [5.41, 5.74) is 3.55. The van der Waals surface area contributed by atoms with Crippen LogP contribution in [-0.2, 0) is 6.54 Å². The molecule has 24 heavy (non-hydrogen) atoms. The van der Waals surface area contributed by atoms with Gasteiger partial charge in [-0.15, -0.1) is 0 Å². The molecule has 2 aromatic heterocycles. The van der Waals surface area contributed by atoms with Crippen LogP contribution in [0, 0.1) is 32.1 Å². The number of aromatic nitrogens is 3. The summed E-state index contributed by atoms with van der Waals surface area (Å²) in [4.78, 5) is 16.7. The van der Waals surface area contributed by atoms with Crippen molar-refractivity contribution >= 4 is 0 Å². The number of benzene rings is 1. The van der Waals surface area contributed by atoms with Gasteiger partial charge in [0.25, 0.3) is 5.56 Å². The molecule has 0 unspecified atom stereocenters. The van der Waals surface area contributed by atoms with Gasteiger partial charge in [-0.1, -0.05) is 17.7 Å². The lowest BCUT2D eigenvalue weighted by Gasteiger charge is -2.07. The molecule has 0 bridgehead atoms. The minimum absolute atomic E-state index is 0.116. The molecule has 0 amide bonds. The van der Waals surface area contributed by atoms with Gasteiger partial charge in [0, 0.05) is 5.56 Å².